The standard InChI is InChI=1S/C26H21O2P/c1-29(20-12-4-2-5-13-20,21-14-6-3-7-15-21)25-19-11-9-17-23(25)26(28)22-16-8-10-18-24(22)27/h2-19,27H,1H2. The number of carbonyl (C=O) groups excluding carboxylic acids is 1. The Morgan fingerprint density at radius 2 is 1.07 bits per heavy atom. The minimum Gasteiger partial charge on any atom is -0.507 e. The SMILES string of the molecule is C=P(c1ccccc1)(c1ccccc1)c1ccccc1C(=O)c1ccccc1O. The summed E-state index contributed by atoms with van der Waals surface area (Å²) in [6, 6.07) is 34.6. The van der Waals surface area contributed by atoms with Crippen LogP contribution >= 0.6 is 6.89 Å². The Kier molecular flexibility index (Phi) is 5.20. The normalized spacial score (nSPS) is 11.2. The van der Waals surface area contributed by atoms with Crippen molar-refractivity contribution >= 4 is 34.9 Å². The first-order chi connectivity index (χ1) is 14.1. The Morgan fingerprint density at radius 1 is 0.621 bits per heavy atom. The van der Waals surface area contributed by atoms with Gasteiger partial charge in [0.2, 0.25) is 0 Å². The molecule has 0 fully saturated rings. The lowest BCUT2D eigenvalue weighted by Crippen LogP contribution is -2.29. The van der Waals surface area contributed by atoms with Gasteiger partial charge in [-0.25, -0.2) is 0 Å². The van der Waals surface area contributed by atoms with E-state index in [9.17, 15) is 9.90 Å². The summed E-state index contributed by atoms with van der Waals surface area (Å²) in [5, 5.41) is 13.4. The van der Waals surface area contributed by atoms with Crippen LogP contribution in [-0.2, 0) is 0 Å². The highest BCUT2D eigenvalue weighted by atomic mass is 31.2. The van der Waals surface area contributed by atoms with Crippen LogP contribution in [0, 0.1) is 0 Å². The van der Waals surface area contributed by atoms with E-state index in [1.165, 1.54) is 6.07 Å². The third-order valence-electron chi connectivity index (χ3n) is 5.10. The molecule has 29 heavy (non-hydrogen) atoms. The number of hydrogen-bond acceptors (Lipinski definition) is 2. The Balaban J connectivity index is 1.98. The largest absolute Gasteiger partial charge is 0.507 e. The van der Waals surface area contributed by atoms with Crippen molar-refractivity contribution in [1.29, 1.82) is 0 Å². The van der Waals surface area contributed by atoms with E-state index in [0.29, 0.717) is 11.1 Å². The van der Waals surface area contributed by atoms with Crippen LogP contribution in [0.4, 0.5) is 0 Å². The molecular formula is C26H21O2P. The van der Waals surface area contributed by atoms with E-state index in [2.05, 4.69) is 24.3 Å². The predicted molar refractivity (Wildman–Crippen MR) is 124 cm³/mol. The molecule has 0 aliphatic rings. The molecule has 0 aliphatic carbocycles. The van der Waals surface area contributed by atoms with Crippen molar-refractivity contribution in [3.05, 3.63) is 120 Å². The molecule has 0 aromatic heterocycles. The summed E-state index contributed by atoms with van der Waals surface area (Å²) in [5.74, 6) is -0.210. The second kappa shape index (κ2) is 7.95. The van der Waals surface area contributed by atoms with E-state index in [-0.39, 0.29) is 11.5 Å². The lowest BCUT2D eigenvalue weighted by molar-refractivity contribution is 0.103. The molecule has 4 aromatic carbocycles. The highest BCUT2D eigenvalue weighted by Crippen LogP contribution is 2.43. The van der Waals surface area contributed by atoms with Gasteiger partial charge in [0.15, 0.2) is 5.78 Å². The van der Waals surface area contributed by atoms with Crippen LogP contribution in [0.5, 0.6) is 5.75 Å². The number of hydrogen-bond donors (Lipinski definition) is 1. The Hall–Kier alpha value is -3.35. The molecule has 142 valence electrons. The first kappa shape index (κ1) is 19.0. The van der Waals surface area contributed by atoms with Gasteiger partial charge in [0.25, 0.3) is 0 Å². The van der Waals surface area contributed by atoms with Gasteiger partial charge >= 0.3 is 0 Å². The van der Waals surface area contributed by atoms with E-state index < -0.39 is 6.89 Å². The first-order valence-corrected chi connectivity index (χ1v) is 11.4. The number of aromatic hydroxyl groups is 1. The Labute approximate surface area is 171 Å². The van der Waals surface area contributed by atoms with Crippen LogP contribution in [0.15, 0.2) is 109 Å². The third kappa shape index (κ3) is 3.44. The molecule has 0 heterocycles. The molecule has 0 amide bonds. The maximum Gasteiger partial charge on any atom is 0.197 e. The lowest BCUT2D eigenvalue weighted by atomic mass is 10.0. The molecule has 1 N–H and O–H groups in total. The van der Waals surface area contributed by atoms with Gasteiger partial charge in [-0.1, -0.05) is 103 Å². The molecule has 3 heteroatoms. The van der Waals surface area contributed by atoms with Gasteiger partial charge in [-0.2, -0.15) is 0 Å². The Morgan fingerprint density at radius 3 is 1.62 bits per heavy atom. The van der Waals surface area contributed by atoms with Crippen molar-refractivity contribution in [3.8, 4) is 5.75 Å². The van der Waals surface area contributed by atoms with E-state index in [1.807, 2.05) is 60.7 Å². The number of ketones is 1. The quantitative estimate of drug-likeness (QED) is 0.402. The minimum atomic E-state index is -2.31. The predicted octanol–water partition coefficient (Wildman–Crippen LogP) is 4.35. The van der Waals surface area contributed by atoms with E-state index >= 15 is 0 Å². The highest BCUT2D eigenvalue weighted by Gasteiger charge is 2.27. The van der Waals surface area contributed by atoms with Gasteiger partial charge < -0.3 is 5.11 Å². The van der Waals surface area contributed by atoms with Crippen LogP contribution in [-0.4, -0.2) is 17.2 Å². The topological polar surface area (TPSA) is 37.3 Å². The summed E-state index contributed by atoms with van der Waals surface area (Å²) in [6.45, 7) is -2.31. The van der Waals surface area contributed by atoms with Crippen LogP contribution in [0.2, 0.25) is 0 Å². The zero-order chi connectivity index (χ0) is 20.3. The molecule has 4 rings (SSSR count). The zero-order valence-corrected chi connectivity index (χ0v) is 16.8. The zero-order valence-electron chi connectivity index (χ0n) is 15.9. The first-order valence-electron chi connectivity index (χ1n) is 9.39. The highest BCUT2D eigenvalue weighted by molar-refractivity contribution is 7.93. The van der Waals surface area contributed by atoms with E-state index in [4.69, 9.17) is 6.30 Å². The average molecular weight is 396 g/mol. The van der Waals surface area contributed by atoms with Gasteiger partial charge in [-0.15, -0.1) is 0 Å². The number of benzene rings is 4. The molecule has 0 spiro atoms. The van der Waals surface area contributed by atoms with Gasteiger partial charge in [0, 0.05) is 5.56 Å². The third-order valence-corrected chi connectivity index (χ3v) is 8.67. The van der Waals surface area contributed by atoms with E-state index in [0.717, 1.165) is 15.9 Å². The molecule has 0 aliphatic heterocycles. The molecule has 0 atom stereocenters. The average Bonchev–Trinajstić information content (AvgIpc) is 2.79. The van der Waals surface area contributed by atoms with Crippen LogP contribution in [0.1, 0.15) is 15.9 Å². The van der Waals surface area contributed by atoms with Crippen LogP contribution in [0.25, 0.3) is 0 Å². The number of phenolic OH excluding ortho intramolecular Hbond substituents is 1. The van der Waals surface area contributed by atoms with Gasteiger partial charge in [-0.3, -0.25) is 4.79 Å². The van der Waals surface area contributed by atoms with Crippen molar-refractivity contribution in [1.82, 2.24) is 0 Å². The fourth-order valence-electron chi connectivity index (χ4n) is 3.60. The fraction of sp³-hybridized carbons (Fsp3) is 0. The molecule has 0 radical (unpaired) electrons. The van der Waals surface area contributed by atoms with Crippen molar-refractivity contribution < 1.29 is 9.90 Å². The molecule has 0 saturated heterocycles. The van der Waals surface area contributed by atoms with Crippen LogP contribution in [0.3, 0.4) is 0 Å². The fourth-order valence-corrected chi connectivity index (χ4v) is 6.75. The van der Waals surface area contributed by atoms with Gasteiger partial charge in [-0.05, 0) is 34.9 Å². The molecule has 0 saturated carbocycles. The van der Waals surface area contributed by atoms with E-state index in [1.54, 1.807) is 18.2 Å². The summed E-state index contributed by atoms with van der Waals surface area (Å²) < 4.78 is 0. The van der Waals surface area contributed by atoms with Gasteiger partial charge in [0.1, 0.15) is 5.75 Å². The van der Waals surface area contributed by atoms with Crippen molar-refractivity contribution in [2.24, 2.45) is 0 Å². The number of rotatable bonds is 5. The van der Waals surface area contributed by atoms with Crippen molar-refractivity contribution in [2.75, 3.05) is 0 Å². The maximum atomic E-state index is 13.4. The Bertz CT molecular complexity index is 1150. The second-order valence-electron chi connectivity index (χ2n) is 6.84. The molecule has 0 unspecified atom stereocenters. The molecule has 0 bridgehead atoms. The summed E-state index contributed by atoms with van der Waals surface area (Å²) in [5.41, 5.74) is 0.873. The smallest absolute Gasteiger partial charge is 0.197 e. The number of carbonyl (C=O) groups is 1. The second-order valence-corrected chi connectivity index (χ2v) is 9.98. The van der Waals surface area contributed by atoms with Crippen molar-refractivity contribution in [2.45, 2.75) is 0 Å². The maximum absolute atomic E-state index is 13.4. The summed E-state index contributed by atoms with van der Waals surface area (Å²) in [6.07, 6.45) is 4.74. The van der Waals surface area contributed by atoms with Gasteiger partial charge in [0.05, 0.1) is 5.56 Å². The summed E-state index contributed by atoms with van der Waals surface area (Å²) in [4.78, 5) is 13.4. The molecule has 4 aromatic rings. The van der Waals surface area contributed by atoms with Crippen LogP contribution < -0.4 is 15.9 Å². The number of para-hydroxylation sites is 1. The minimum absolute atomic E-state index is 0.0141. The lowest BCUT2D eigenvalue weighted by Gasteiger charge is -2.28. The molecular weight excluding hydrogens is 375 g/mol. The summed E-state index contributed by atoms with van der Waals surface area (Å²) >= 11 is 0. The summed E-state index contributed by atoms with van der Waals surface area (Å²) in [7, 11) is 0. The molecule has 2 nitrogen and oxygen atoms in total. The monoisotopic (exact) mass is 396 g/mol. The number of phenols is 1. The van der Waals surface area contributed by atoms with Crippen molar-refractivity contribution in [3.63, 3.8) is 0 Å².